The Kier molecular flexibility index (Phi) is 7.71. The second-order valence-electron chi connectivity index (χ2n) is 14.1. The van der Waals surface area contributed by atoms with Crippen LogP contribution in [0.1, 0.15) is 84.0 Å². The molecule has 2 aliphatic heterocycles. The van der Waals surface area contributed by atoms with Crippen LogP contribution in [0.4, 0.5) is 16.2 Å². The number of carbonyl (C=O) groups excluding carboxylic acids is 3. The third-order valence-corrected chi connectivity index (χ3v) is 8.51. The Morgan fingerprint density at radius 3 is 2.40 bits per heavy atom. The molecule has 0 N–H and O–H groups in total. The van der Waals surface area contributed by atoms with Crippen LogP contribution in [0.25, 0.3) is 5.65 Å². The number of imide groups is 1. The highest BCUT2D eigenvalue weighted by Crippen LogP contribution is 2.44. The maximum absolute atomic E-state index is 13.8. The summed E-state index contributed by atoms with van der Waals surface area (Å²) in [7, 11) is 0. The molecule has 0 spiro atoms. The fourth-order valence-corrected chi connectivity index (χ4v) is 6.82. The summed E-state index contributed by atoms with van der Waals surface area (Å²) in [6.45, 7) is 16.8. The number of anilines is 2. The van der Waals surface area contributed by atoms with Gasteiger partial charge in [-0.1, -0.05) is 39.8 Å². The van der Waals surface area contributed by atoms with E-state index in [1.165, 1.54) is 11.3 Å². The van der Waals surface area contributed by atoms with E-state index in [-0.39, 0.29) is 41.9 Å². The molecule has 2 aliphatic rings. The van der Waals surface area contributed by atoms with Crippen molar-refractivity contribution in [2.24, 2.45) is 17.3 Å². The third-order valence-electron chi connectivity index (χ3n) is 8.51. The van der Waals surface area contributed by atoms with Crippen molar-refractivity contribution >= 4 is 34.8 Å². The second-order valence-corrected chi connectivity index (χ2v) is 14.1. The largest absolute Gasteiger partial charge is 0.443 e. The highest BCUT2D eigenvalue weighted by atomic mass is 16.6. The summed E-state index contributed by atoms with van der Waals surface area (Å²) in [5.41, 5.74) is 5.87. The van der Waals surface area contributed by atoms with Crippen LogP contribution in [-0.2, 0) is 20.7 Å². The molecule has 8 nitrogen and oxygen atoms in total. The summed E-state index contributed by atoms with van der Waals surface area (Å²) in [6.07, 6.45) is 5.57. The molecule has 0 radical (unpaired) electrons. The molecule has 1 saturated heterocycles. The zero-order chi connectivity index (χ0) is 30.6. The van der Waals surface area contributed by atoms with E-state index in [1.54, 1.807) is 20.8 Å². The van der Waals surface area contributed by atoms with Gasteiger partial charge in [0.2, 0.25) is 5.91 Å². The Hall–Kier alpha value is -3.68. The van der Waals surface area contributed by atoms with Gasteiger partial charge >= 0.3 is 6.09 Å². The van der Waals surface area contributed by atoms with E-state index in [4.69, 9.17) is 9.72 Å². The molecule has 0 bridgehead atoms. The number of Topliss-reactive ketones (excluding diaryl/α,β-unsaturated/α-hetero) is 1. The van der Waals surface area contributed by atoms with Gasteiger partial charge in [-0.05, 0) is 81.2 Å². The van der Waals surface area contributed by atoms with E-state index in [0.29, 0.717) is 0 Å². The van der Waals surface area contributed by atoms with Crippen LogP contribution in [0, 0.1) is 24.2 Å². The van der Waals surface area contributed by atoms with Gasteiger partial charge in [0.1, 0.15) is 17.0 Å². The topological polar surface area (TPSA) is 84.2 Å². The summed E-state index contributed by atoms with van der Waals surface area (Å²) in [6, 6.07) is 10.7. The quantitative estimate of drug-likeness (QED) is 0.333. The molecule has 42 heavy (non-hydrogen) atoms. The number of aryl methyl sites for hydroxylation is 2. The first-order valence-corrected chi connectivity index (χ1v) is 15.0. The lowest BCUT2D eigenvalue weighted by molar-refractivity contribution is -0.129. The van der Waals surface area contributed by atoms with E-state index >= 15 is 0 Å². The SMILES string of the molecule is Cc1cc2ncc3c(n2c1)CCCN3c1ccc([C@@H](C(C)C(=O)[C@@H]2CC(=O)N(C(=O)OC(C)(C)C)C2)C(C)(C)C)cc1. The van der Waals surface area contributed by atoms with E-state index in [2.05, 4.69) is 73.5 Å². The molecular weight excluding hydrogens is 528 g/mol. The van der Waals surface area contributed by atoms with Crippen LogP contribution in [0.2, 0.25) is 0 Å². The molecule has 2 aromatic heterocycles. The van der Waals surface area contributed by atoms with Crippen molar-refractivity contribution in [3.8, 4) is 0 Å². The molecule has 3 atom stereocenters. The maximum atomic E-state index is 13.8. The van der Waals surface area contributed by atoms with Crippen LogP contribution < -0.4 is 4.90 Å². The number of aromatic nitrogens is 2. The monoisotopic (exact) mass is 572 g/mol. The maximum Gasteiger partial charge on any atom is 0.417 e. The minimum absolute atomic E-state index is 0.0143. The lowest BCUT2D eigenvalue weighted by Gasteiger charge is -2.37. The smallest absolute Gasteiger partial charge is 0.417 e. The molecule has 1 fully saturated rings. The summed E-state index contributed by atoms with van der Waals surface area (Å²) in [5, 5.41) is 0. The molecule has 5 rings (SSSR count). The summed E-state index contributed by atoms with van der Waals surface area (Å²) < 4.78 is 7.62. The van der Waals surface area contributed by atoms with Crippen LogP contribution in [0.5, 0.6) is 0 Å². The summed E-state index contributed by atoms with van der Waals surface area (Å²) in [5.74, 6) is -1.27. The molecule has 0 saturated carbocycles. The van der Waals surface area contributed by atoms with Crippen LogP contribution >= 0.6 is 0 Å². The zero-order valence-corrected chi connectivity index (χ0v) is 26.2. The highest BCUT2D eigenvalue weighted by Gasteiger charge is 2.44. The van der Waals surface area contributed by atoms with Crippen molar-refractivity contribution < 1.29 is 19.1 Å². The fourth-order valence-electron chi connectivity index (χ4n) is 6.82. The van der Waals surface area contributed by atoms with Gasteiger partial charge in [-0.2, -0.15) is 0 Å². The first kappa shape index (κ1) is 29.8. The molecule has 3 aromatic rings. The molecule has 4 heterocycles. The Balaban J connectivity index is 1.36. The number of benzene rings is 1. The second kappa shape index (κ2) is 10.9. The molecule has 1 unspecified atom stereocenters. The lowest BCUT2D eigenvalue weighted by Crippen LogP contribution is -2.39. The van der Waals surface area contributed by atoms with Crippen LogP contribution in [-0.4, -0.2) is 50.8 Å². The predicted molar refractivity (Wildman–Crippen MR) is 164 cm³/mol. The number of hydrogen-bond donors (Lipinski definition) is 0. The number of carbonyl (C=O) groups is 3. The van der Waals surface area contributed by atoms with Crippen LogP contribution in [0.15, 0.2) is 42.7 Å². The number of ketones is 1. The lowest BCUT2D eigenvalue weighted by atomic mass is 9.67. The Labute approximate surface area is 249 Å². The Morgan fingerprint density at radius 1 is 1.07 bits per heavy atom. The first-order valence-electron chi connectivity index (χ1n) is 15.0. The molecule has 8 heteroatoms. The van der Waals surface area contributed by atoms with E-state index in [9.17, 15) is 14.4 Å². The van der Waals surface area contributed by atoms with E-state index in [0.717, 1.165) is 46.9 Å². The number of hydrogen-bond acceptors (Lipinski definition) is 6. The first-order chi connectivity index (χ1) is 19.6. The van der Waals surface area contributed by atoms with Gasteiger partial charge in [-0.15, -0.1) is 0 Å². The standard InChI is InChI=1S/C34H44N4O4/c1-21-16-28-35-18-27-26(37(28)19-21)10-9-15-36(27)25-13-11-23(12-14-25)30(33(3,4)5)22(2)31(40)24-17-29(39)38(20-24)32(41)42-34(6,7)8/h11-14,16,18-19,22,24,30H,9-10,15,17,20H2,1-8H3/t22?,24-,30-/m1/s1. The Morgan fingerprint density at radius 2 is 1.76 bits per heavy atom. The van der Waals surface area contributed by atoms with Gasteiger partial charge in [0.15, 0.2) is 0 Å². The zero-order valence-electron chi connectivity index (χ0n) is 26.2. The number of amides is 2. The number of nitrogens with zero attached hydrogens (tertiary/aromatic N) is 4. The van der Waals surface area contributed by atoms with E-state index < -0.39 is 17.6 Å². The van der Waals surface area contributed by atoms with Gasteiger partial charge in [-0.25, -0.2) is 14.7 Å². The average molecular weight is 573 g/mol. The highest BCUT2D eigenvalue weighted by molar-refractivity contribution is 5.99. The van der Waals surface area contributed by atoms with Crippen molar-refractivity contribution in [2.75, 3.05) is 18.0 Å². The number of fused-ring (bicyclic) bond motifs is 3. The van der Waals surface area contributed by atoms with Crippen LogP contribution in [0.3, 0.4) is 0 Å². The summed E-state index contributed by atoms with van der Waals surface area (Å²) in [4.78, 5) is 47.2. The average Bonchev–Trinajstić information content (AvgIpc) is 3.48. The van der Waals surface area contributed by atoms with Crippen molar-refractivity contribution in [1.29, 1.82) is 0 Å². The molecule has 224 valence electrons. The molecular formula is C34H44N4O4. The number of ether oxygens (including phenoxy) is 1. The third kappa shape index (κ3) is 5.81. The number of likely N-dealkylation sites (tertiary alicyclic amines) is 1. The van der Waals surface area contributed by atoms with Gasteiger partial charge < -0.3 is 14.0 Å². The summed E-state index contributed by atoms with van der Waals surface area (Å²) >= 11 is 0. The van der Waals surface area contributed by atoms with Crippen molar-refractivity contribution in [3.63, 3.8) is 0 Å². The van der Waals surface area contributed by atoms with Gasteiger partial charge in [0.05, 0.1) is 11.9 Å². The van der Waals surface area contributed by atoms with Crippen molar-refractivity contribution in [2.45, 2.75) is 86.2 Å². The minimum atomic E-state index is -0.712. The van der Waals surface area contributed by atoms with Crippen molar-refractivity contribution in [1.82, 2.24) is 14.3 Å². The fraction of sp³-hybridized carbons (Fsp3) is 0.529. The minimum Gasteiger partial charge on any atom is -0.443 e. The van der Waals surface area contributed by atoms with Gasteiger partial charge in [-0.3, -0.25) is 9.59 Å². The molecule has 2 amide bonds. The Bertz CT molecular complexity index is 1510. The van der Waals surface area contributed by atoms with E-state index in [1.807, 2.05) is 13.1 Å². The normalized spacial score (nSPS) is 19.1. The molecule has 1 aromatic carbocycles. The van der Waals surface area contributed by atoms with Gasteiger partial charge in [0.25, 0.3) is 0 Å². The van der Waals surface area contributed by atoms with Gasteiger partial charge in [0, 0.05) is 48.9 Å². The number of rotatable bonds is 5. The van der Waals surface area contributed by atoms with Crippen molar-refractivity contribution in [3.05, 3.63) is 59.5 Å². The predicted octanol–water partition coefficient (Wildman–Crippen LogP) is 6.85. The molecule has 0 aliphatic carbocycles.